The third kappa shape index (κ3) is 2.47. The summed E-state index contributed by atoms with van der Waals surface area (Å²) < 4.78 is 10.6. The first-order chi connectivity index (χ1) is 12.1. The Morgan fingerprint density at radius 3 is 3.00 bits per heavy atom. The molecule has 1 aromatic heterocycles. The van der Waals surface area contributed by atoms with Gasteiger partial charge in [0.2, 0.25) is 0 Å². The Balaban J connectivity index is 1.85. The summed E-state index contributed by atoms with van der Waals surface area (Å²) in [6, 6.07) is 4.91. The molecule has 8 heteroatoms. The number of benzene rings is 1. The number of carbonyl (C=O) groups excluding carboxylic acids is 1. The summed E-state index contributed by atoms with van der Waals surface area (Å²) in [6.45, 7) is 0. The molecule has 124 valence electrons. The largest absolute Gasteiger partial charge is 0.497 e. The molecule has 0 bridgehead atoms. The number of hydrogen-bond donors (Lipinski definition) is 1. The number of fused-ring (bicyclic) bond motifs is 2. The average Bonchev–Trinajstić information content (AvgIpc) is 3.08. The molecule has 3 heterocycles. The van der Waals surface area contributed by atoms with E-state index in [-0.39, 0.29) is 22.4 Å². The number of amides is 1. The van der Waals surface area contributed by atoms with Crippen LogP contribution in [0.1, 0.15) is 5.56 Å². The van der Waals surface area contributed by atoms with Gasteiger partial charge in [0.25, 0.3) is 5.91 Å². The normalized spacial score (nSPS) is 18.0. The van der Waals surface area contributed by atoms with Gasteiger partial charge < -0.3 is 9.15 Å². The van der Waals surface area contributed by atoms with E-state index >= 15 is 0 Å². The van der Waals surface area contributed by atoms with E-state index in [9.17, 15) is 9.59 Å². The van der Waals surface area contributed by atoms with Crippen molar-refractivity contribution in [2.75, 3.05) is 7.11 Å². The fraction of sp³-hybridized carbons (Fsp3) is 0.0588. The van der Waals surface area contributed by atoms with Crippen LogP contribution in [0.4, 0.5) is 0 Å². The maximum absolute atomic E-state index is 12.7. The summed E-state index contributed by atoms with van der Waals surface area (Å²) in [4.78, 5) is 30.3. The predicted molar refractivity (Wildman–Crippen MR) is 95.8 cm³/mol. The molecular formula is C17H11N3O4S. The van der Waals surface area contributed by atoms with Crippen LogP contribution in [0.5, 0.6) is 5.75 Å². The summed E-state index contributed by atoms with van der Waals surface area (Å²) in [6.07, 6.45) is 4.27. The summed E-state index contributed by atoms with van der Waals surface area (Å²) in [5, 5.41) is 10.7. The lowest BCUT2D eigenvalue weighted by atomic mass is 10.1. The Morgan fingerprint density at radius 2 is 2.20 bits per heavy atom. The second kappa shape index (κ2) is 5.75. The number of nitrogens with zero attached hydrogens (tertiary/aromatic N) is 2. The third-order valence-electron chi connectivity index (χ3n) is 3.82. The fourth-order valence-electron chi connectivity index (χ4n) is 2.54. The van der Waals surface area contributed by atoms with Crippen molar-refractivity contribution in [3.8, 4) is 5.75 Å². The minimum atomic E-state index is -0.558. The van der Waals surface area contributed by atoms with Gasteiger partial charge in [-0.2, -0.15) is 4.99 Å². The van der Waals surface area contributed by atoms with Crippen LogP contribution in [-0.2, 0) is 4.79 Å². The van der Waals surface area contributed by atoms with Gasteiger partial charge in [-0.1, -0.05) is 11.8 Å². The Morgan fingerprint density at radius 1 is 1.36 bits per heavy atom. The second-order valence-corrected chi connectivity index (χ2v) is 6.13. The van der Waals surface area contributed by atoms with Gasteiger partial charge in [-0.3, -0.25) is 19.9 Å². The smallest absolute Gasteiger partial charge is 0.283 e. The number of thioether (sulfide) groups is 1. The fourth-order valence-corrected chi connectivity index (χ4v) is 3.24. The zero-order valence-electron chi connectivity index (χ0n) is 13.0. The molecule has 2 aromatic rings. The van der Waals surface area contributed by atoms with Crippen LogP contribution in [0.15, 0.2) is 55.8 Å². The Kier molecular flexibility index (Phi) is 3.54. The molecule has 0 aliphatic carbocycles. The maximum Gasteiger partial charge on any atom is 0.283 e. The monoisotopic (exact) mass is 353 g/mol. The van der Waals surface area contributed by atoms with E-state index in [1.165, 1.54) is 36.1 Å². The topological polar surface area (TPSA) is 96.0 Å². The van der Waals surface area contributed by atoms with Crippen LogP contribution in [0.2, 0.25) is 0 Å². The molecule has 0 atom stereocenters. The zero-order valence-corrected chi connectivity index (χ0v) is 13.8. The minimum absolute atomic E-state index is 0.0265. The summed E-state index contributed by atoms with van der Waals surface area (Å²) in [5.74, 6) is -0.0569. The molecule has 0 saturated carbocycles. The molecule has 7 nitrogen and oxygen atoms in total. The molecule has 2 aliphatic rings. The van der Waals surface area contributed by atoms with Crippen LogP contribution in [0.25, 0.3) is 17.0 Å². The first kappa shape index (κ1) is 15.4. The van der Waals surface area contributed by atoms with Gasteiger partial charge in [0.05, 0.1) is 23.6 Å². The quantitative estimate of drug-likeness (QED) is 0.834. The summed E-state index contributed by atoms with van der Waals surface area (Å²) in [7, 11) is 1.51. The van der Waals surface area contributed by atoms with E-state index in [1.54, 1.807) is 29.8 Å². The predicted octanol–water partition coefficient (Wildman–Crippen LogP) is 2.58. The average molecular weight is 353 g/mol. The van der Waals surface area contributed by atoms with Crippen molar-refractivity contribution in [3.05, 3.63) is 57.4 Å². The Bertz CT molecular complexity index is 1080. The van der Waals surface area contributed by atoms with Gasteiger partial charge >= 0.3 is 0 Å². The van der Waals surface area contributed by atoms with E-state index in [0.29, 0.717) is 21.9 Å². The van der Waals surface area contributed by atoms with Crippen molar-refractivity contribution in [2.45, 2.75) is 0 Å². The number of amidine groups is 2. The highest BCUT2D eigenvalue weighted by Gasteiger charge is 2.31. The molecule has 25 heavy (non-hydrogen) atoms. The van der Waals surface area contributed by atoms with Gasteiger partial charge in [0.15, 0.2) is 10.6 Å². The summed E-state index contributed by atoms with van der Waals surface area (Å²) >= 11 is 1.26. The highest BCUT2D eigenvalue weighted by Crippen LogP contribution is 2.27. The van der Waals surface area contributed by atoms with Gasteiger partial charge in [0.1, 0.15) is 23.4 Å². The van der Waals surface area contributed by atoms with E-state index in [2.05, 4.69) is 4.99 Å². The summed E-state index contributed by atoms with van der Waals surface area (Å²) in [5.41, 5.74) is 0.306. The molecule has 2 aliphatic heterocycles. The van der Waals surface area contributed by atoms with E-state index in [0.717, 1.165) is 0 Å². The van der Waals surface area contributed by atoms with Gasteiger partial charge in [-0.15, -0.1) is 0 Å². The third-order valence-corrected chi connectivity index (χ3v) is 4.58. The molecule has 1 aromatic carbocycles. The van der Waals surface area contributed by atoms with Crippen LogP contribution >= 0.6 is 11.8 Å². The molecule has 0 unspecified atom stereocenters. The van der Waals surface area contributed by atoms with Crippen molar-refractivity contribution in [2.24, 2.45) is 4.99 Å². The molecule has 0 saturated heterocycles. The van der Waals surface area contributed by atoms with Crippen LogP contribution in [0.3, 0.4) is 0 Å². The van der Waals surface area contributed by atoms with Crippen LogP contribution in [0, 0.1) is 5.41 Å². The zero-order chi connectivity index (χ0) is 17.6. The number of ether oxygens (including phenoxy) is 1. The molecule has 4 rings (SSSR count). The molecule has 0 spiro atoms. The number of hydrogen-bond acceptors (Lipinski definition) is 6. The Hall–Kier alpha value is -3.13. The molecule has 0 fully saturated rings. The highest BCUT2D eigenvalue weighted by molar-refractivity contribution is 8.16. The molecule has 1 N–H and O–H groups in total. The lowest BCUT2D eigenvalue weighted by Crippen LogP contribution is -2.35. The lowest BCUT2D eigenvalue weighted by molar-refractivity contribution is -0.114. The number of methoxy groups -OCH3 is 1. The van der Waals surface area contributed by atoms with Crippen molar-refractivity contribution in [1.82, 2.24) is 4.90 Å². The molecule has 1 amide bonds. The lowest BCUT2D eigenvalue weighted by Gasteiger charge is -2.22. The maximum atomic E-state index is 12.7. The number of rotatable bonds is 2. The van der Waals surface area contributed by atoms with Crippen molar-refractivity contribution >= 4 is 45.7 Å². The Labute approximate surface area is 145 Å². The second-order valence-electron chi connectivity index (χ2n) is 5.26. The van der Waals surface area contributed by atoms with Crippen LogP contribution in [-0.4, -0.2) is 28.9 Å². The van der Waals surface area contributed by atoms with Gasteiger partial charge in [-0.05, 0) is 29.7 Å². The number of carbonyl (C=O) groups is 1. The molecular weight excluding hydrogens is 342 g/mol. The van der Waals surface area contributed by atoms with Crippen molar-refractivity contribution in [3.63, 3.8) is 0 Å². The van der Waals surface area contributed by atoms with E-state index in [4.69, 9.17) is 14.6 Å². The minimum Gasteiger partial charge on any atom is -0.497 e. The van der Waals surface area contributed by atoms with Crippen LogP contribution < -0.4 is 10.2 Å². The number of aliphatic imine (C=N–C) groups is 1. The van der Waals surface area contributed by atoms with Crippen molar-refractivity contribution < 1.29 is 13.9 Å². The van der Waals surface area contributed by atoms with Gasteiger partial charge in [-0.25, -0.2) is 0 Å². The van der Waals surface area contributed by atoms with E-state index < -0.39 is 5.91 Å². The van der Waals surface area contributed by atoms with E-state index in [1.807, 2.05) is 0 Å². The SMILES string of the molecule is COc1ccc2occ(C=C3C(=N)N4C=CSC4=NC3=O)c(=O)c2c1. The standard InChI is InChI=1S/C17H11N3O4S/c1-23-10-2-3-13-11(7-10)14(21)9(8-24-13)6-12-15(18)20-4-5-25-17(20)19-16(12)22/h2-8,18H,1H3. The number of nitrogens with one attached hydrogen (secondary N) is 1. The van der Waals surface area contributed by atoms with Gasteiger partial charge in [0, 0.05) is 6.20 Å². The first-order valence-electron chi connectivity index (χ1n) is 7.24. The highest BCUT2D eigenvalue weighted by atomic mass is 32.2. The van der Waals surface area contributed by atoms with Crippen molar-refractivity contribution in [1.29, 1.82) is 5.41 Å². The molecule has 0 radical (unpaired) electrons. The first-order valence-corrected chi connectivity index (χ1v) is 8.12.